The number of anilines is 1. The molecule has 5 nitrogen and oxygen atoms in total. The lowest BCUT2D eigenvalue weighted by Gasteiger charge is -2.04. The number of methoxy groups -OCH3 is 1. The van der Waals surface area contributed by atoms with Gasteiger partial charge in [-0.2, -0.15) is 0 Å². The summed E-state index contributed by atoms with van der Waals surface area (Å²) in [6.45, 7) is 2.62. The molecular weight excluding hydrogens is 250 g/mol. The molecule has 0 aliphatic carbocycles. The summed E-state index contributed by atoms with van der Waals surface area (Å²) in [5.74, 6) is 0.548. The van der Waals surface area contributed by atoms with Crippen LogP contribution in [0.15, 0.2) is 12.4 Å². The van der Waals surface area contributed by atoms with E-state index in [-0.39, 0.29) is 5.97 Å². The van der Waals surface area contributed by atoms with Crippen molar-refractivity contribution in [2.75, 3.05) is 19.0 Å². The molecule has 6 heteroatoms. The number of thiophene rings is 1. The molecule has 0 atom stereocenters. The highest BCUT2D eigenvalue weighted by molar-refractivity contribution is 7.18. The summed E-state index contributed by atoms with van der Waals surface area (Å²) in [6.07, 6.45) is 2.86. The van der Waals surface area contributed by atoms with E-state index in [1.165, 1.54) is 12.0 Å². The van der Waals surface area contributed by atoms with Crippen LogP contribution < -0.4 is 5.32 Å². The van der Waals surface area contributed by atoms with Crippen molar-refractivity contribution in [2.45, 2.75) is 19.8 Å². The number of nitrogens with zero attached hydrogens (tertiary/aromatic N) is 2. The minimum atomic E-state index is -0.229. The molecule has 0 aliphatic heterocycles. The molecule has 0 saturated carbocycles. The van der Waals surface area contributed by atoms with E-state index >= 15 is 0 Å². The predicted molar refractivity (Wildman–Crippen MR) is 71.9 cm³/mol. The summed E-state index contributed by atoms with van der Waals surface area (Å²) in [6, 6.07) is 2.10. The van der Waals surface area contributed by atoms with Crippen molar-refractivity contribution in [1.29, 1.82) is 0 Å². The third-order valence-corrected chi connectivity index (χ3v) is 3.77. The third-order valence-electron chi connectivity index (χ3n) is 2.58. The van der Waals surface area contributed by atoms with Gasteiger partial charge in [-0.3, -0.25) is 4.79 Å². The molecule has 0 radical (unpaired) electrons. The third kappa shape index (κ3) is 2.76. The molecule has 96 valence electrons. The van der Waals surface area contributed by atoms with Crippen LogP contribution in [0.3, 0.4) is 0 Å². The summed E-state index contributed by atoms with van der Waals surface area (Å²) < 4.78 is 4.59. The zero-order chi connectivity index (χ0) is 13.0. The largest absolute Gasteiger partial charge is 0.469 e. The van der Waals surface area contributed by atoms with E-state index in [0.717, 1.165) is 22.5 Å². The molecule has 1 N–H and O–H groups in total. The number of ether oxygens (including phenoxy) is 1. The fourth-order valence-electron chi connectivity index (χ4n) is 1.61. The van der Waals surface area contributed by atoms with Crippen LogP contribution in [-0.4, -0.2) is 29.6 Å². The van der Waals surface area contributed by atoms with Crippen molar-refractivity contribution in [2.24, 2.45) is 0 Å². The molecule has 0 spiro atoms. The Morgan fingerprint density at radius 2 is 2.33 bits per heavy atom. The SMILES string of the molecule is CCc1cc2c(NCCC(=O)OC)ncnc2s1. The lowest BCUT2D eigenvalue weighted by Crippen LogP contribution is -2.10. The number of esters is 1. The van der Waals surface area contributed by atoms with Crippen molar-refractivity contribution in [1.82, 2.24) is 9.97 Å². The van der Waals surface area contributed by atoms with Crippen LogP contribution >= 0.6 is 11.3 Å². The lowest BCUT2D eigenvalue weighted by atomic mass is 10.3. The molecule has 0 fully saturated rings. The van der Waals surface area contributed by atoms with Crippen LogP contribution in [0.4, 0.5) is 5.82 Å². The standard InChI is InChI=1S/C12H15N3O2S/c1-3-8-6-9-11(13-5-4-10(16)17-2)14-7-15-12(9)18-8/h6-7H,3-5H2,1-2H3,(H,13,14,15). The zero-order valence-corrected chi connectivity index (χ0v) is 11.2. The number of hydrogen-bond donors (Lipinski definition) is 1. The van der Waals surface area contributed by atoms with Gasteiger partial charge in [0.2, 0.25) is 0 Å². The number of fused-ring (bicyclic) bond motifs is 1. The van der Waals surface area contributed by atoms with Gasteiger partial charge in [0.25, 0.3) is 0 Å². The predicted octanol–water partition coefficient (Wildman–Crippen LogP) is 2.23. The first-order valence-corrected chi connectivity index (χ1v) is 6.60. The first kappa shape index (κ1) is 12.8. The highest BCUT2D eigenvalue weighted by Crippen LogP contribution is 2.28. The Kier molecular flexibility index (Phi) is 4.09. The average molecular weight is 265 g/mol. The first-order valence-electron chi connectivity index (χ1n) is 5.78. The van der Waals surface area contributed by atoms with Crippen LogP contribution in [-0.2, 0) is 16.0 Å². The number of carbonyl (C=O) groups excluding carboxylic acids is 1. The van der Waals surface area contributed by atoms with Gasteiger partial charge in [0.15, 0.2) is 0 Å². The second-order valence-corrected chi connectivity index (χ2v) is 4.88. The van der Waals surface area contributed by atoms with Gasteiger partial charge in [0, 0.05) is 11.4 Å². The molecule has 0 aliphatic rings. The lowest BCUT2D eigenvalue weighted by molar-refractivity contribution is -0.140. The number of hydrogen-bond acceptors (Lipinski definition) is 6. The average Bonchev–Trinajstić information content (AvgIpc) is 2.82. The second kappa shape index (κ2) is 5.77. The zero-order valence-electron chi connectivity index (χ0n) is 10.4. The summed E-state index contributed by atoms with van der Waals surface area (Å²) in [4.78, 5) is 21.7. The summed E-state index contributed by atoms with van der Waals surface area (Å²) >= 11 is 1.67. The molecular formula is C12H15N3O2S. The van der Waals surface area contributed by atoms with Gasteiger partial charge in [-0.25, -0.2) is 9.97 Å². The smallest absolute Gasteiger partial charge is 0.307 e. The van der Waals surface area contributed by atoms with E-state index in [1.807, 2.05) is 0 Å². The van der Waals surface area contributed by atoms with Crippen molar-refractivity contribution >= 4 is 33.3 Å². The number of nitrogens with one attached hydrogen (secondary N) is 1. The second-order valence-electron chi connectivity index (χ2n) is 3.76. The van der Waals surface area contributed by atoms with Gasteiger partial charge < -0.3 is 10.1 Å². The van der Waals surface area contributed by atoms with Gasteiger partial charge in [-0.05, 0) is 12.5 Å². The van der Waals surface area contributed by atoms with E-state index in [4.69, 9.17) is 0 Å². The minimum absolute atomic E-state index is 0.229. The molecule has 18 heavy (non-hydrogen) atoms. The molecule has 0 aromatic carbocycles. The molecule has 0 unspecified atom stereocenters. The van der Waals surface area contributed by atoms with Crippen LogP contribution in [0.5, 0.6) is 0 Å². The van der Waals surface area contributed by atoms with Gasteiger partial charge in [0.1, 0.15) is 17.0 Å². The quantitative estimate of drug-likeness (QED) is 0.840. The van der Waals surface area contributed by atoms with E-state index < -0.39 is 0 Å². The minimum Gasteiger partial charge on any atom is -0.469 e. The maximum absolute atomic E-state index is 11.0. The maximum atomic E-state index is 11.0. The highest BCUT2D eigenvalue weighted by Gasteiger charge is 2.08. The Morgan fingerprint density at radius 3 is 3.06 bits per heavy atom. The van der Waals surface area contributed by atoms with Crippen LogP contribution in [0.1, 0.15) is 18.2 Å². The van der Waals surface area contributed by atoms with Crippen LogP contribution in [0.2, 0.25) is 0 Å². The van der Waals surface area contributed by atoms with Crippen LogP contribution in [0, 0.1) is 0 Å². The number of carbonyl (C=O) groups is 1. The fourth-order valence-corrected chi connectivity index (χ4v) is 2.54. The van der Waals surface area contributed by atoms with Gasteiger partial charge >= 0.3 is 5.97 Å². The Balaban J connectivity index is 2.12. The Morgan fingerprint density at radius 1 is 1.50 bits per heavy atom. The highest BCUT2D eigenvalue weighted by atomic mass is 32.1. The normalized spacial score (nSPS) is 10.6. The summed E-state index contributed by atoms with van der Waals surface area (Å²) in [7, 11) is 1.39. The number of aromatic nitrogens is 2. The van der Waals surface area contributed by atoms with Gasteiger partial charge in [-0.1, -0.05) is 6.92 Å². The molecule has 0 saturated heterocycles. The first-order chi connectivity index (χ1) is 8.74. The molecule has 2 aromatic rings. The van der Waals surface area contributed by atoms with Crippen molar-refractivity contribution < 1.29 is 9.53 Å². The topological polar surface area (TPSA) is 64.1 Å². The Hall–Kier alpha value is -1.69. The van der Waals surface area contributed by atoms with E-state index in [1.54, 1.807) is 17.7 Å². The molecule has 2 rings (SSSR count). The fraction of sp³-hybridized carbons (Fsp3) is 0.417. The molecule has 0 amide bonds. The van der Waals surface area contributed by atoms with Crippen molar-refractivity contribution in [3.63, 3.8) is 0 Å². The van der Waals surface area contributed by atoms with E-state index in [0.29, 0.717) is 13.0 Å². The van der Waals surface area contributed by atoms with E-state index in [9.17, 15) is 4.79 Å². The molecule has 0 bridgehead atoms. The Labute approximate surface area is 109 Å². The maximum Gasteiger partial charge on any atom is 0.307 e. The van der Waals surface area contributed by atoms with Gasteiger partial charge in [-0.15, -0.1) is 11.3 Å². The molecule has 2 aromatic heterocycles. The van der Waals surface area contributed by atoms with Crippen molar-refractivity contribution in [3.05, 3.63) is 17.3 Å². The summed E-state index contributed by atoms with van der Waals surface area (Å²) in [5, 5.41) is 4.16. The van der Waals surface area contributed by atoms with E-state index in [2.05, 4.69) is 33.0 Å². The summed E-state index contributed by atoms with van der Waals surface area (Å²) in [5.41, 5.74) is 0. The number of rotatable bonds is 5. The monoisotopic (exact) mass is 265 g/mol. The molecule has 2 heterocycles. The Bertz CT molecular complexity index is 553. The number of aryl methyl sites for hydroxylation is 1. The van der Waals surface area contributed by atoms with Gasteiger partial charge in [0.05, 0.1) is 18.9 Å². The van der Waals surface area contributed by atoms with Crippen molar-refractivity contribution in [3.8, 4) is 0 Å². The van der Waals surface area contributed by atoms with Crippen LogP contribution in [0.25, 0.3) is 10.2 Å².